The van der Waals surface area contributed by atoms with Gasteiger partial charge in [0.2, 0.25) is 5.13 Å². The predicted octanol–water partition coefficient (Wildman–Crippen LogP) is 3.51. The number of halogens is 1. The van der Waals surface area contributed by atoms with Gasteiger partial charge >= 0.3 is 0 Å². The first-order valence-corrected chi connectivity index (χ1v) is 7.19. The van der Waals surface area contributed by atoms with Crippen LogP contribution in [0.25, 0.3) is 11.4 Å². The number of hydrogen-bond acceptors (Lipinski definition) is 5. The summed E-state index contributed by atoms with van der Waals surface area (Å²) >= 11 is 6.82. The van der Waals surface area contributed by atoms with E-state index in [0.717, 1.165) is 17.1 Å². The first-order chi connectivity index (χ1) is 10.2. The molecule has 0 bridgehead atoms. The van der Waals surface area contributed by atoms with Gasteiger partial charge in [0.1, 0.15) is 5.15 Å². The van der Waals surface area contributed by atoms with Crippen molar-refractivity contribution in [3.05, 3.63) is 59.4 Å². The van der Waals surface area contributed by atoms with E-state index in [4.69, 9.17) is 11.6 Å². The third-order valence-electron chi connectivity index (χ3n) is 2.67. The maximum Gasteiger partial charge on any atom is 0.259 e. The van der Waals surface area contributed by atoms with Crippen molar-refractivity contribution in [2.75, 3.05) is 5.32 Å². The minimum atomic E-state index is -0.296. The molecule has 2 aromatic heterocycles. The Morgan fingerprint density at radius 1 is 1.14 bits per heavy atom. The zero-order valence-electron chi connectivity index (χ0n) is 10.7. The minimum Gasteiger partial charge on any atom is -0.297 e. The Kier molecular flexibility index (Phi) is 3.89. The molecule has 104 valence electrons. The molecule has 0 aliphatic heterocycles. The zero-order chi connectivity index (χ0) is 14.7. The minimum absolute atomic E-state index is 0.296. The summed E-state index contributed by atoms with van der Waals surface area (Å²) in [5.41, 5.74) is 1.32. The van der Waals surface area contributed by atoms with Crippen molar-refractivity contribution in [1.82, 2.24) is 14.3 Å². The fraction of sp³-hybridized carbons (Fsp3) is 0. The Morgan fingerprint density at radius 2 is 1.95 bits per heavy atom. The molecule has 21 heavy (non-hydrogen) atoms. The van der Waals surface area contributed by atoms with Crippen LogP contribution in [0.3, 0.4) is 0 Å². The average Bonchev–Trinajstić information content (AvgIpc) is 2.97. The molecule has 0 aliphatic carbocycles. The Balaban J connectivity index is 1.75. The van der Waals surface area contributed by atoms with E-state index in [1.165, 1.54) is 6.20 Å². The maximum atomic E-state index is 12.0. The molecule has 1 amide bonds. The summed E-state index contributed by atoms with van der Waals surface area (Å²) in [6, 6.07) is 12.7. The van der Waals surface area contributed by atoms with E-state index < -0.39 is 0 Å². The SMILES string of the molecule is O=C(Nc1nc(-c2ccccc2)ns1)c1ccc(Cl)nc1. The number of anilines is 1. The van der Waals surface area contributed by atoms with E-state index in [1.54, 1.807) is 12.1 Å². The second-order valence-corrected chi connectivity index (χ2v) is 5.25. The van der Waals surface area contributed by atoms with Crippen molar-refractivity contribution in [3.8, 4) is 11.4 Å². The normalized spacial score (nSPS) is 10.3. The number of hydrogen-bond donors (Lipinski definition) is 1. The van der Waals surface area contributed by atoms with Crippen molar-refractivity contribution >= 4 is 34.2 Å². The Hall–Kier alpha value is -2.31. The van der Waals surface area contributed by atoms with Crippen molar-refractivity contribution in [1.29, 1.82) is 0 Å². The third kappa shape index (κ3) is 3.24. The summed E-state index contributed by atoms with van der Waals surface area (Å²) in [5.74, 6) is 0.292. The van der Waals surface area contributed by atoms with Crippen LogP contribution in [-0.2, 0) is 0 Å². The fourth-order valence-electron chi connectivity index (χ4n) is 1.66. The van der Waals surface area contributed by atoms with E-state index in [0.29, 0.717) is 21.7 Å². The summed E-state index contributed by atoms with van der Waals surface area (Å²) in [6.45, 7) is 0. The molecule has 7 heteroatoms. The Bertz CT molecular complexity index is 758. The molecule has 0 spiro atoms. The largest absolute Gasteiger partial charge is 0.297 e. The summed E-state index contributed by atoms with van der Waals surface area (Å²) in [6.07, 6.45) is 1.41. The Labute approximate surface area is 129 Å². The van der Waals surface area contributed by atoms with Crippen LogP contribution in [0.2, 0.25) is 5.15 Å². The second-order valence-electron chi connectivity index (χ2n) is 4.11. The number of pyridine rings is 1. The molecule has 2 heterocycles. The highest BCUT2D eigenvalue weighted by Gasteiger charge is 2.11. The standard InChI is InChI=1S/C14H9ClN4OS/c15-11-7-6-10(8-16-11)13(20)18-14-17-12(19-21-14)9-4-2-1-3-5-9/h1-8H,(H,17,18,19,20). The quantitative estimate of drug-likeness (QED) is 0.751. The topological polar surface area (TPSA) is 67.8 Å². The highest BCUT2D eigenvalue weighted by atomic mass is 35.5. The number of nitrogens with zero attached hydrogens (tertiary/aromatic N) is 3. The van der Waals surface area contributed by atoms with Crippen LogP contribution >= 0.6 is 23.1 Å². The molecule has 3 rings (SSSR count). The lowest BCUT2D eigenvalue weighted by molar-refractivity contribution is 0.102. The molecular weight excluding hydrogens is 308 g/mol. The molecule has 3 aromatic rings. The van der Waals surface area contributed by atoms with Gasteiger partial charge in [-0.1, -0.05) is 41.9 Å². The highest BCUT2D eigenvalue weighted by molar-refractivity contribution is 7.10. The van der Waals surface area contributed by atoms with E-state index in [-0.39, 0.29) is 5.91 Å². The second kappa shape index (κ2) is 5.99. The van der Waals surface area contributed by atoms with Crippen LogP contribution < -0.4 is 5.32 Å². The number of nitrogens with one attached hydrogen (secondary N) is 1. The number of aromatic nitrogens is 3. The van der Waals surface area contributed by atoms with Gasteiger partial charge in [0, 0.05) is 23.3 Å². The number of rotatable bonds is 3. The monoisotopic (exact) mass is 316 g/mol. The lowest BCUT2D eigenvalue weighted by Gasteiger charge is -2.00. The maximum absolute atomic E-state index is 12.0. The van der Waals surface area contributed by atoms with Crippen LogP contribution in [0, 0.1) is 0 Å². The van der Waals surface area contributed by atoms with Crippen molar-refractivity contribution in [2.45, 2.75) is 0 Å². The van der Waals surface area contributed by atoms with Gasteiger partial charge in [0.15, 0.2) is 5.82 Å². The third-order valence-corrected chi connectivity index (χ3v) is 3.52. The van der Waals surface area contributed by atoms with Crippen molar-refractivity contribution in [3.63, 3.8) is 0 Å². The molecular formula is C14H9ClN4OS. The van der Waals surface area contributed by atoms with E-state index in [9.17, 15) is 4.79 Å². The molecule has 0 unspecified atom stereocenters. The molecule has 1 N–H and O–H groups in total. The molecule has 0 atom stereocenters. The van der Waals surface area contributed by atoms with Crippen LogP contribution in [0.5, 0.6) is 0 Å². The Morgan fingerprint density at radius 3 is 2.67 bits per heavy atom. The molecule has 0 saturated heterocycles. The van der Waals surface area contributed by atoms with E-state index in [2.05, 4.69) is 19.7 Å². The van der Waals surface area contributed by atoms with Gasteiger partial charge in [-0.2, -0.15) is 9.36 Å². The molecule has 1 aromatic carbocycles. The molecule has 0 fully saturated rings. The van der Waals surface area contributed by atoms with Crippen LogP contribution in [0.15, 0.2) is 48.7 Å². The van der Waals surface area contributed by atoms with Crippen LogP contribution in [0.4, 0.5) is 5.13 Å². The molecule has 0 aliphatic rings. The number of amides is 1. The summed E-state index contributed by atoms with van der Waals surface area (Å²) in [4.78, 5) is 20.2. The zero-order valence-corrected chi connectivity index (χ0v) is 12.2. The highest BCUT2D eigenvalue weighted by Crippen LogP contribution is 2.21. The number of benzene rings is 1. The summed E-state index contributed by atoms with van der Waals surface area (Å²) in [7, 11) is 0. The van der Waals surface area contributed by atoms with Gasteiger partial charge < -0.3 is 0 Å². The number of carbonyl (C=O) groups is 1. The number of carbonyl (C=O) groups excluding carboxylic acids is 1. The smallest absolute Gasteiger partial charge is 0.259 e. The van der Waals surface area contributed by atoms with Crippen LogP contribution in [0.1, 0.15) is 10.4 Å². The predicted molar refractivity (Wildman–Crippen MR) is 82.5 cm³/mol. The molecule has 0 radical (unpaired) electrons. The van der Waals surface area contributed by atoms with E-state index in [1.807, 2.05) is 30.3 Å². The summed E-state index contributed by atoms with van der Waals surface area (Å²) in [5, 5.41) is 3.47. The first-order valence-electron chi connectivity index (χ1n) is 6.04. The lowest BCUT2D eigenvalue weighted by Crippen LogP contribution is -2.11. The molecule has 5 nitrogen and oxygen atoms in total. The van der Waals surface area contributed by atoms with Gasteiger partial charge in [0.25, 0.3) is 5.91 Å². The van der Waals surface area contributed by atoms with Crippen molar-refractivity contribution < 1.29 is 4.79 Å². The first kappa shape index (κ1) is 13.7. The van der Waals surface area contributed by atoms with Gasteiger partial charge in [-0.25, -0.2) is 4.98 Å². The fourth-order valence-corrected chi connectivity index (χ4v) is 2.35. The van der Waals surface area contributed by atoms with Gasteiger partial charge in [0.05, 0.1) is 5.56 Å². The van der Waals surface area contributed by atoms with Gasteiger partial charge in [-0.3, -0.25) is 10.1 Å². The average molecular weight is 317 g/mol. The lowest BCUT2D eigenvalue weighted by atomic mass is 10.2. The van der Waals surface area contributed by atoms with Crippen molar-refractivity contribution in [2.24, 2.45) is 0 Å². The van der Waals surface area contributed by atoms with Gasteiger partial charge in [-0.05, 0) is 12.1 Å². The van der Waals surface area contributed by atoms with Crippen LogP contribution in [-0.4, -0.2) is 20.2 Å². The van der Waals surface area contributed by atoms with Gasteiger partial charge in [-0.15, -0.1) is 0 Å². The summed E-state index contributed by atoms with van der Waals surface area (Å²) < 4.78 is 4.23. The molecule has 0 saturated carbocycles. The van der Waals surface area contributed by atoms with E-state index >= 15 is 0 Å².